The maximum atomic E-state index is 8.91. The number of hydrogen-bond donors (Lipinski definition) is 2. The first-order chi connectivity index (χ1) is 4.74. The highest BCUT2D eigenvalue weighted by atomic mass is 35.5. The molecule has 1 aromatic rings. The topological polar surface area (TPSA) is 45.1 Å². The first kappa shape index (κ1) is 7.15. The van der Waals surface area contributed by atoms with Gasteiger partial charge in [-0.25, -0.2) is 4.98 Å². The Bertz CT molecular complexity index is 239. The minimum absolute atomic E-state index is 0.105. The molecule has 0 amide bonds. The maximum Gasteiger partial charge on any atom is 0.152 e. The monoisotopic (exact) mass is 158 g/mol. The van der Waals surface area contributed by atoms with Gasteiger partial charge in [-0.2, -0.15) is 0 Å². The van der Waals surface area contributed by atoms with Crippen LogP contribution in [-0.2, 0) is 0 Å². The van der Waals surface area contributed by atoms with Crippen molar-refractivity contribution in [1.82, 2.24) is 4.98 Å². The zero-order valence-electron chi connectivity index (χ0n) is 5.43. The molecular weight excluding hydrogens is 152 g/mol. The van der Waals surface area contributed by atoms with Crippen LogP contribution in [0.2, 0.25) is 5.15 Å². The van der Waals surface area contributed by atoms with Crippen LogP contribution in [0.3, 0.4) is 0 Å². The van der Waals surface area contributed by atoms with E-state index < -0.39 is 0 Å². The molecule has 0 atom stereocenters. The lowest BCUT2D eigenvalue weighted by Crippen LogP contribution is -1.89. The second-order valence-corrected chi connectivity index (χ2v) is 2.14. The Kier molecular flexibility index (Phi) is 1.97. The number of aromatic hydroxyl groups is 1. The van der Waals surface area contributed by atoms with Crippen LogP contribution < -0.4 is 5.32 Å². The second kappa shape index (κ2) is 2.75. The predicted molar refractivity (Wildman–Crippen MR) is 40.5 cm³/mol. The number of hydrogen-bond acceptors (Lipinski definition) is 3. The molecule has 0 spiro atoms. The van der Waals surface area contributed by atoms with E-state index in [1.165, 1.54) is 12.3 Å². The van der Waals surface area contributed by atoms with E-state index in [-0.39, 0.29) is 5.75 Å². The molecule has 0 aliphatic rings. The third kappa shape index (κ3) is 1.30. The minimum atomic E-state index is 0.105. The number of halogens is 1. The SMILES string of the molecule is CNc1cc(O)cnc1Cl. The highest BCUT2D eigenvalue weighted by Crippen LogP contribution is 2.21. The largest absolute Gasteiger partial charge is 0.506 e. The molecule has 1 heterocycles. The predicted octanol–water partition coefficient (Wildman–Crippen LogP) is 1.48. The average Bonchev–Trinajstić information content (AvgIpc) is 1.94. The molecule has 0 saturated carbocycles. The Morgan fingerprint density at radius 2 is 2.40 bits per heavy atom. The van der Waals surface area contributed by atoms with E-state index >= 15 is 0 Å². The molecular formula is C6H7ClN2O. The summed E-state index contributed by atoms with van der Waals surface area (Å²) in [6.07, 6.45) is 1.29. The fourth-order valence-corrected chi connectivity index (χ4v) is 0.810. The highest BCUT2D eigenvalue weighted by molar-refractivity contribution is 6.31. The number of nitrogens with one attached hydrogen (secondary N) is 1. The zero-order chi connectivity index (χ0) is 7.56. The van der Waals surface area contributed by atoms with Gasteiger partial charge in [0.25, 0.3) is 0 Å². The molecule has 0 fully saturated rings. The number of nitrogens with zero attached hydrogens (tertiary/aromatic N) is 1. The highest BCUT2D eigenvalue weighted by Gasteiger charge is 1.98. The Morgan fingerprint density at radius 1 is 1.70 bits per heavy atom. The molecule has 10 heavy (non-hydrogen) atoms. The number of rotatable bonds is 1. The van der Waals surface area contributed by atoms with Gasteiger partial charge in [0.05, 0.1) is 11.9 Å². The Morgan fingerprint density at radius 3 is 2.90 bits per heavy atom. The molecule has 1 aromatic heterocycles. The fourth-order valence-electron chi connectivity index (χ4n) is 0.612. The summed E-state index contributed by atoms with van der Waals surface area (Å²) in [5.74, 6) is 0.105. The fraction of sp³-hybridized carbons (Fsp3) is 0.167. The van der Waals surface area contributed by atoms with Crippen LogP contribution in [0.5, 0.6) is 5.75 Å². The van der Waals surface area contributed by atoms with Crippen molar-refractivity contribution in [2.45, 2.75) is 0 Å². The molecule has 0 aliphatic carbocycles. The van der Waals surface area contributed by atoms with Crippen molar-refractivity contribution in [2.24, 2.45) is 0 Å². The van der Waals surface area contributed by atoms with E-state index in [4.69, 9.17) is 16.7 Å². The van der Waals surface area contributed by atoms with Crippen LogP contribution in [-0.4, -0.2) is 17.1 Å². The summed E-state index contributed by atoms with van der Waals surface area (Å²) in [7, 11) is 1.71. The normalized spacial score (nSPS) is 9.40. The van der Waals surface area contributed by atoms with Gasteiger partial charge in [-0.15, -0.1) is 0 Å². The van der Waals surface area contributed by atoms with Crippen molar-refractivity contribution in [3.05, 3.63) is 17.4 Å². The van der Waals surface area contributed by atoms with E-state index in [9.17, 15) is 0 Å². The lowest BCUT2D eigenvalue weighted by molar-refractivity contribution is 0.473. The Hall–Kier alpha value is -0.960. The van der Waals surface area contributed by atoms with Crippen LogP contribution in [0.4, 0.5) is 5.69 Å². The molecule has 2 N–H and O–H groups in total. The van der Waals surface area contributed by atoms with E-state index in [0.29, 0.717) is 10.8 Å². The molecule has 3 nitrogen and oxygen atoms in total. The van der Waals surface area contributed by atoms with Gasteiger partial charge in [-0.3, -0.25) is 0 Å². The van der Waals surface area contributed by atoms with E-state index in [1.54, 1.807) is 7.05 Å². The van der Waals surface area contributed by atoms with Crippen LogP contribution in [0.1, 0.15) is 0 Å². The lowest BCUT2D eigenvalue weighted by Gasteiger charge is -2.00. The third-order valence-electron chi connectivity index (χ3n) is 1.09. The minimum Gasteiger partial charge on any atom is -0.506 e. The van der Waals surface area contributed by atoms with Crippen molar-refractivity contribution >= 4 is 17.3 Å². The van der Waals surface area contributed by atoms with Crippen LogP contribution >= 0.6 is 11.6 Å². The summed E-state index contributed by atoms with van der Waals surface area (Å²) in [6, 6.07) is 1.51. The second-order valence-electron chi connectivity index (χ2n) is 1.78. The molecule has 0 bridgehead atoms. The zero-order valence-corrected chi connectivity index (χ0v) is 6.18. The summed E-state index contributed by atoms with van der Waals surface area (Å²) in [4.78, 5) is 3.70. The molecule has 0 aromatic carbocycles. The van der Waals surface area contributed by atoms with Gasteiger partial charge in [-0.1, -0.05) is 11.6 Å². The van der Waals surface area contributed by atoms with Crippen molar-refractivity contribution in [3.8, 4) is 5.75 Å². The summed E-state index contributed by atoms with van der Waals surface area (Å²) in [6.45, 7) is 0. The first-order valence-corrected chi connectivity index (χ1v) is 3.14. The van der Waals surface area contributed by atoms with Crippen molar-refractivity contribution in [2.75, 3.05) is 12.4 Å². The molecule has 0 radical (unpaired) electrons. The smallest absolute Gasteiger partial charge is 0.152 e. The summed E-state index contributed by atoms with van der Waals surface area (Å²) in [5, 5.41) is 12.1. The number of aromatic nitrogens is 1. The lowest BCUT2D eigenvalue weighted by atomic mass is 10.4. The van der Waals surface area contributed by atoms with Gasteiger partial charge in [0.1, 0.15) is 5.75 Å². The Balaban J connectivity index is 3.09. The molecule has 4 heteroatoms. The van der Waals surface area contributed by atoms with E-state index in [0.717, 1.165) is 0 Å². The molecule has 0 saturated heterocycles. The van der Waals surface area contributed by atoms with Gasteiger partial charge in [0, 0.05) is 13.1 Å². The van der Waals surface area contributed by atoms with Gasteiger partial charge >= 0.3 is 0 Å². The van der Waals surface area contributed by atoms with Crippen LogP contribution in [0.15, 0.2) is 12.3 Å². The van der Waals surface area contributed by atoms with Gasteiger partial charge in [0.15, 0.2) is 5.15 Å². The van der Waals surface area contributed by atoms with Crippen molar-refractivity contribution in [3.63, 3.8) is 0 Å². The summed E-state index contributed by atoms with van der Waals surface area (Å²) >= 11 is 5.61. The maximum absolute atomic E-state index is 8.91. The standard InChI is InChI=1S/C6H7ClN2O/c1-8-5-2-4(10)3-9-6(5)7/h2-3,8,10H,1H3. The quantitative estimate of drug-likeness (QED) is 0.609. The average molecular weight is 159 g/mol. The van der Waals surface area contributed by atoms with Crippen LogP contribution in [0, 0.1) is 0 Å². The van der Waals surface area contributed by atoms with Gasteiger partial charge in [-0.05, 0) is 0 Å². The number of anilines is 1. The molecule has 54 valence electrons. The van der Waals surface area contributed by atoms with E-state index in [2.05, 4.69) is 10.3 Å². The molecule has 0 aliphatic heterocycles. The van der Waals surface area contributed by atoms with Crippen molar-refractivity contribution in [1.29, 1.82) is 0 Å². The molecule has 1 rings (SSSR count). The number of pyridine rings is 1. The first-order valence-electron chi connectivity index (χ1n) is 2.76. The van der Waals surface area contributed by atoms with Crippen molar-refractivity contribution < 1.29 is 5.11 Å². The van der Waals surface area contributed by atoms with E-state index in [1.807, 2.05) is 0 Å². The summed E-state index contributed by atoms with van der Waals surface area (Å²) in [5.41, 5.74) is 0.627. The van der Waals surface area contributed by atoms with Gasteiger partial charge < -0.3 is 10.4 Å². The summed E-state index contributed by atoms with van der Waals surface area (Å²) < 4.78 is 0. The third-order valence-corrected chi connectivity index (χ3v) is 1.40. The van der Waals surface area contributed by atoms with Gasteiger partial charge in [0.2, 0.25) is 0 Å². The Labute approximate surface area is 63.7 Å². The molecule has 0 unspecified atom stereocenters. The van der Waals surface area contributed by atoms with Crippen LogP contribution in [0.25, 0.3) is 0 Å².